The first-order valence-corrected chi connectivity index (χ1v) is 6.35. The van der Waals surface area contributed by atoms with E-state index in [-0.39, 0.29) is 6.04 Å². The average Bonchev–Trinajstić information content (AvgIpc) is 3.24. The van der Waals surface area contributed by atoms with E-state index in [2.05, 4.69) is 16.4 Å². The average molecular weight is 237 g/mol. The second kappa shape index (κ2) is 4.75. The number of nitriles is 1. The van der Waals surface area contributed by atoms with Crippen molar-refractivity contribution < 1.29 is 0 Å². The van der Waals surface area contributed by atoms with Gasteiger partial charge in [-0.3, -0.25) is 10.3 Å². The van der Waals surface area contributed by atoms with Crippen LogP contribution >= 0.6 is 0 Å². The van der Waals surface area contributed by atoms with Gasteiger partial charge in [-0.2, -0.15) is 5.26 Å². The molecule has 3 nitrogen and oxygen atoms in total. The number of rotatable bonds is 4. The highest BCUT2D eigenvalue weighted by atomic mass is 14.9. The lowest BCUT2D eigenvalue weighted by molar-refractivity contribution is 0.595. The standard InChI is InChI=1S/C15H15N3/c16-9-14(18-10-11-6-7-11)13-5-1-3-12-4-2-8-17-15(12)13/h1-5,8,11,14,18H,6-7,10H2. The van der Waals surface area contributed by atoms with Crippen LogP contribution in [-0.2, 0) is 0 Å². The number of fused-ring (bicyclic) bond motifs is 1. The Morgan fingerprint density at radius 3 is 2.94 bits per heavy atom. The smallest absolute Gasteiger partial charge is 0.123 e. The first-order chi connectivity index (χ1) is 8.88. The maximum Gasteiger partial charge on any atom is 0.123 e. The van der Waals surface area contributed by atoms with Gasteiger partial charge in [0.1, 0.15) is 6.04 Å². The summed E-state index contributed by atoms with van der Waals surface area (Å²) in [5, 5.41) is 13.8. The summed E-state index contributed by atoms with van der Waals surface area (Å²) in [5.41, 5.74) is 1.91. The Morgan fingerprint density at radius 2 is 2.17 bits per heavy atom. The molecule has 2 aromatic rings. The number of hydrogen-bond donors (Lipinski definition) is 1. The van der Waals surface area contributed by atoms with E-state index >= 15 is 0 Å². The van der Waals surface area contributed by atoms with Crippen molar-refractivity contribution in [3.05, 3.63) is 42.1 Å². The number of pyridine rings is 1. The summed E-state index contributed by atoms with van der Waals surface area (Å²) in [7, 11) is 0. The molecular weight excluding hydrogens is 222 g/mol. The Hall–Kier alpha value is -1.92. The molecule has 0 saturated heterocycles. The van der Waals surface area contributed by atoms with E-state index in [0.717, 1.165) is 28.9 Å². The Morgan fingerprint density at radius 1 is 1.33 bits per heavy atom. The van der Waals surface area contributed by atoms with Crippen molar-refractivity contribution in [1.82, 2.24) is 10.3 Å². The van der Waals surface area contributed by atoms with Crippen LogP contribution in [0.3, 0.4) is 0 Å². The lowest BCUT2D eigenvalue weighted by atomic mass is 10.0. The van der Waals surface area contributed by atoms with Crippen LogP contribution in [0, 0.1) is 17.2 Å². The predicted octanol–water partition coefficient (Wildman–Crippen LogP) is 2.80. The zero-order valence-electron chi connectivity index (χ0n) is 10.1. The highest BCUT2D eigenvalue weighted by molar-refractivity contribution is 5.82. The highest BCUT2D eigenvalue weighted by Crippen LogP contribution is 2.29. The first kappa shape index (κ1) is 11.2. The van der Waals surface area contributed by atoms with Crippen LogP contribution in [0.5, 0.6) is 0 Å². The molecule has 1 saturated carbocycles. The Labute approximate surface area is 106 Å². The van der Waals surface area contributed by atoms with Gasteiger partial charge in [0, 0.05) is 17.1 Å². The Kier molecular flexibility index (Phi) is 2.95. The van der Waals surface area contributed by atoms with Crippen LogP contribution in [0.15, 0.2) is 36.5 Å². The maximum atomic E-state index is 9.33. The van der Waals surface area contributed by atoms with Gasteiger partial charge >= 0.3 is 0 Å². The van der Waals surface area contributed by atoms with Crippen LogP contribution in [0.25, 0.3) is 10.9 Å². The molecule has 18 heavy (non-hydrogen) atoms. The molecule has 1 aromatic carbocycles. The molecule has 3 rings (SSSR count). The Balaban J connectivity index is 1.93. The lowest BCUT2D eigenvalue weighted by Gasteiger charge is -2.13. The van der Waals surface area contributed by atoms with E-state index in [4.69, 9.17) is 0 Å². The first-order valence-electron chi connectivity index (χ1n) is 6.35. The number of aromatic nitrogens is 1. The van der Waals surface area contributed by atoms with Gasteiger partial charge in [0.25, 0.3) is 0 Å². The summed E-state index contributed by atoms with van der Waals surface area (Å²) < 4.78 is 0. The summed E-state index contributed by atoms with van der Waals surface area (Å²) in [5.74, 6) is 0.767. The second-order valence-electron chi connectivity index (χ2n) is 4.84. The van der Waals surface area contributed by atoms with Gasteiger partial charge in [-0.15, -0.1) is 0 Å². The van der Waals surface area contributed by atoms with Gasteiger partial charge in [-0.05, 0) is 31.4 Å². The molecule has 0 aliphatic heterocycles. The van der Waals surface area contributed by atoms with Crippen LogP contribution in [0.4, 0.5) is 0 Å². The van der Waals surface area contributed by atoms with Gasteiger partial charge in [-0.25, -0.2) is 0 Å². The molecule has 1 heterocycles. The van der Waals surface area contributed by atoms with E-state index in [1.807, 2.05) is 30.3 Å². The molecule has 0 radical (unpaired) electrons. The van der Waals surface area contributed by atoms with Gasteiger partial charge in [-0.1, -0.05) is 24.3 Å². The molecule has 3 heteroatoms. The van der Waals surface area contributed by atoms with Gasteiger partial charge in [0.15, 0.2) is 0 Å². The largest absolute Gasteiger partial charge is 0.298 e. The fraction of sp³-hybridized carbons (Fsp3) is 0.333. The van der Waals surface area contributed by atoms with Crippen molar-refractivity contribution >= 4 is 10.9 Å². The summed E-state index contributed by atoms with van der Waals surface area (Å²) >= 11 is 0. The minimum Gasteiger partial charge on any atom is -0.298 e. The second-order valence-corrected chi connectivity index (χ2v) is 4.84. The third-order valence-corrected chi connectivity index (χ3v) is 3.41. The van der Waals surface area contributed by atoms with Crippen molar-refractivity contribution in [2.75, 3.05) is 6.54 Å². The van der Waals surface area contributed by atoms with Gasteiger partial charge < -0.3 is 0 Å². The topological polar surface area (TPSA) is 48.7 Å². The summed E-state index contributed by atoms with van der Waals surface area (Å²) in [6.07, 6.45) is 4.36. The molecule has 1 atom stereocenters. The van der Waals surface area contributed by atoms with Crippen molar-refractivity contribution in [2.24, 2.45) is 5.92 Å². The number of hydrogen-bond acceptors (Lipinski definition) is 3. The van der Waals surface area contributed by atoms with Crippen LogP contribution in [-0.4, -0.2) is 11.5 Å². The fourth-order valence-electron chi connectivity index (χ4n) is 2.19. The van der Waals surface area contributed by atoms with Gasteiger partial charge in [0.05, 0.1) is 11.6 Å². The third kappa shape index (κ3) is 2.20. The molecule has 1 aliphatic carbocycles. The van der Waals surface area contributed by atoms with Crippen molar-refractivity contribution in [1.29, 1.82) is 5.26 Å². The molecular formula is C15H15N3. The maximum absolute atomic E-state index is 9.33. The Bertz CT molecular complexity index is 591. The number of para-hydroxylation sites is 1. The summed E-state index contributed by atoms with van der Waals surface area (Å²) in [6.45, 7) is 0.932. The zero-order valence-corrected chi connectivity index (χ0v) is 10.1. The molecule has 0 amide bonds. The monoisotopic (exact) mass is 237 g/mol. The molecule has 1 aliphatic rings. The highest BCUT2D eigenvalue weighted by Gasteiger charge is 2.23. The fourth-order valence-corrected chi connectivity index (χ4v) is 2.19. The normalized spacial score (nSPS) is 16.4. The van der Waals surface area contributed by atoms with Crippen LogP contribution in [0.1, 0.15) is 24.4 Å². The van der Waals surface area contributed by atoms with Crippen LogP contribution in [0.2, 0.25) is 0 Å². The molecule has 1 unspecified atom stereocenters. The molecule has 1 fully saturated rings. The molecule has 1 N–H and O–H groups in total. The van der Waals surface area contributed by atoms with Gasteiger partial charge in [0.2, 0.25) is 0 Å². The van der Waals surface area contributed by atoms with E-state index in [1.54, 1.807) is 6.20 Å². The molecule has 0 bridgehead atoms. The minimum atomic E-state index is -0.260. The van der Waals surface area contributed by atoms with Crippen molar-refractivity contribution in [3.8, 4) is 6.07 Å². The predicted molar refractivity (Wildman–Crippen MR) is 70.8 cm³/mol. The number of nitrogens with zero attached hydrogens (tertiary/aromatic N) is 2. The van der Waals surface area contributed by atoms with E-state index < -0.39 is 0 Å². The molecule has 0 spiro atoms. The number of benzene rings is 1. The quantitative estimate of drug-likeness (QED) is 0.889. The molecule has 1 aromatic heterocycles. The van der Waals surface area contributed by atoms with Crippen molar-refractivity contribution in [2.45, 2.75) is 18.9 Å². The van der Waals surface area contributed by atoms with E-state index in [9.17, 15) is 5.26 Å². The molecule has 90 valence electrons. The van der Waals surface area contributed by atoms with Crippen LogP contribution < -0.4 is 5.32 Å². The minimum absolute atomic E-state index is 0.260. The van der Waals surface area contributed by atoms with E-state index in [1.165, 1.54) is 12.8 Å². The van der Waals surface area contributed by atoms with Crippen molar-refractivity contribution in [3.63, 3.8) is 0 Å². The number of nitrogens with one attached hydrogen (secondary N) is 1. The SMILES string of the molecule is N#CC(NCC1CC1)c1cccc2cccnc12. The lowest BCUT2D eigenvalue weighted by Crippen LogP contribution is -2.22. The summed E-state index contributed by atoms with van der Waals surface area (Å²) in [6, 6.07) is 12.0. The zero-order chi connectivity index (χ0) is 12.4. The van der Waals surface area contributed by atoms with E-state index in [0.29, 0.717) is 0 Å². The third-order valence-electron chi connectivity index (χ3n) is 3.41. The summed E-state index contributed by atoms with van der Waals surface area (Å²) in [4.78, 5) is 4.40.